The Kier molecular flexibility index (Phi) is 4.96. The second-order valence-corrected chi connectivity index (χ2v) is 4.72. The predicted octanol–water partition coefficient (Wildman–Crippen LogP) is 3.08. The third-order valence-corrected chi connectivity index (χ3v) is 2.89. The number of halogens is 1. The molecule has 0 aliphatic carbocycles. The normalized spacial score (nSPS) is 10.4. The van der Waals surface area contributed by atoms with E-state index in [1.807, 2.05) is 0 Å². The molecular formula is C14H17FN2O3. The smallest absolute Gasteiger partial charge is 0.270 e. The largest absolute Gasteiger partial charge is 0.332 e. The molecule has 0 aromatic heterocycles. The Bertz CT molecular complexity index is 556. The average molecular weight is 280 g/mol. The Morgan fingerprint density at radius 3 is 2.60 bits per heavy atom. The van der Waals surface area contributed by atoms with Crippen LogP contribution >= 0.6 is 0 Å². The number of non-ortho nitro benzene ring substituents is 1. The number of benzene rings is 1. The highest BCUT2D eigenvalue weighted by atomic mass is 19.1. The lowest BCUT2D eigenvalue weighted by Gasteiger charge is -2.25. The molecular weight excluding hydrogens is 263 g/mol. The lowest BCUT2D eigenvalue weighted by Crippen LogP contribution is -2.37. The zero-order chi connectivity index (χ0) is 15.4. The third kappa shape index (κ3) is 3.20. The van der Waals surface area contributed by atoms with Crippen molar-refractivity contribution in [3.8, 4) is 0 Å². The van der Waals surface area contributed by atoms with Gasteiger partial charge in [-0.1, -0.05) is 6.08 Å². The maximum absolute atomic E-state index is 14.1. The van der Waals surface area contributed by atoms with E-state index >= 15 is 0 Å². The fourth-order valence-electron chi connectivity index (χ4n) is 1.83. The Morgan fingerprint density at radius 2 is 2.15 bits per heavy atom. The first-order chi connectivity index (χ1) is 9.29. The molecule has 1 rings (SSSR count). The molecule has 0 N–H and O–H groups in total. The van der Waals surface area contributed by atoms with Crippen LogP contribution in [-0.2, 0) is 0 Å². The van der Waals surface area contributed by atoms with Gasteiger partial charge in [0.1, 0.15) is 5.82 Å². The van der Waals surface area contributed by atoms with Crippen molar-refractivity contribution in [2.24, 2.45) is 0 Å². The van der Waals surface area contributed by atoms with Gasteiger partial charge >= 0.3 is 0 Å². The van der Waals surface area contributed by atoms with Gasteiger partial charge in [0.25, 0.3) is 11.6 Å². The van der Waals surface area contributed by atoms with E-state index in [0.717, 1.165) is 12.1 Å². The molecule has 1 aromatic rings. The number of hydrogen-bond acceptors (Lipinski definition) is 3. The molecule has 0 saturated heterocycles. The summed E-state index contributed by atoms with van der Waals surface area (Å²) in [5.74, 6) is -1.31. The van der Waals surface area contributed by atoms with Gasteiger partial charge in [-0.25, -0.2) is 4.39 Å². The average Bonchev–Trinajstić information content (AvgIpc) is 2.37. The number of hydrogen-bond donors (Lipinski definition) is 0. The maximum Gasteiger partial charge on any atom is 0.270 e. The van der Waals surface area contributed by atoms with Crippen LogP contribution in [0.1, 0.15) is 29.8 Å². The van der Waals surface area contributed by atoms with Crippen molar-refractivity contribution in [1.82, 2.24) is 4.90 Å². The van der Waals surface area contributed by atoms with Gasteiger partial charge in [-0.05, 0) is 26.3 Å². The fraction of sp³-hybridized carbons (Fsp3) is 0.357. The number of carbonyl (C=O) groups excluding carboxylic acids is 1. The highest BCUT2D eigenvalue weighted by Gasteiger charge is 2.24. The maximum atomic E-state index is 14.1. The van der Waals surface area contributed by atoms with E-state index in [1.54, 1.807) is 13.8 Å². The van der Waals surface area contributed by atoms with Crippen molar-refractivity contribution in [1.29, 1.82) is 0 Å². The summed E-state index contributed by atoms with van der Waals surface area (Å²) < 4.78 is 14.1. The molecule has 6 heteroatoms. The molecule has 0 aliphatic rings. The van der Waals surface area contributed by atoms with Crippen LogP contribution in [0, 0.1) is 22.9 Å². The summed E-state index contributed by atoms with van der Waals surface area (Å²) in [6.07, 6.45) is 1.53. The second-order valence-electron chi connectivity index (χ2n) is 4.72. The molecule has 0 bridgehead atoms. The minimum atomic E-state index is -0.727. The monoisotopic (exact) mass is 280 g/mol. The van der Waals surface area contributed by atoms with Gasteiger partial charge < -0.3 is 4.90 Å². The molecule has 0 heterocycles. The van der Waals surface area contributed by atoms with E-state index in [0.29, 0.717) is 0 Å². The molecule has 5 nitrogen and oxygen atoms in total. The van der Waals surface area contributed by atoms with Gasteiger partial charge in [0.2, 0.25) is 0 Å². The van der Waals surface area contributed by atoms with Crippen molar-refractivity contribution in [2.45, 2.75) is 26.8 Å². The molecule has 1 amide bonds. The number of aryl methyl sites for hydroxylation is 1. The Morgan fingerprint density at radius 1 is 1.55 bits per heavy atom. The minimum Gasteiger partial charge on any atom is -0.332 e. The van der Waals surface area contributed by atoms with E-state index < -0.39 is 16.6 Å². The molecule has 0 aliphatic heterocycles. The first kappa shape index (κ1) is 15.8. The van der Waals surface area contributed by atoms with Gasteiger partial charge in [0.05, 0.1) is 10.5 Å². The number of carbonyl (C=O) groups is 1. The number of amides is 1. The van der Waals surface area contributed by atoms with Gasteiger partial charge in [-0.15, -0.1) is 6.58 Å². The van der Waals surface area contributed by atoms with Gasteiger partial charge in [0, 0.05) is 24.7 Å². The highest BCUT2D eigenvalue weighted by Crippen LogP contribution is 2.23. The van der Waals surface area contributed by atoms with Crippen molar-refractivity contribution in [3.63, 3.8) is 0 Å². The van der Waals surface area contributed by atoms with Crippen molar-refractivity contribution in [2.75, 3.05) is 6.54 Å². The van der Waals surface area contributed by atoms with Crippen LogP contribution in [0.3, 0.4) is 0 Å². The summed E-state index contributed by atoms with van der Waals surface area (Å²) >= 11 is 0. The van der Waals surface area contributed by atoms with Gasteiger partial charge in [0.15, 0.2) is 0 Å². The molecule has 0 atom stereocenters. The highest BCUT2D eigenvalue weighted by molar-refractivity contribution is 5.95. The topological polar surface area (TPSA) is 63.5 Å². The van der Waals surface area contributed by atoms with Crippen molar-refractivity contribution >= 4 is 11.6 Å². The lowest BCUT2D eigenvalue weighted by atomic mass is 10.1. The molecule has 0 radical (unpaired) electrons. The minimum absolute atomic E-state index is 0.0739. The predicted molar refractivity (Wildman–Crippen MR) is 74.2 cm³/mol. The number of rotatable bonds is 5. The van der Waals surface area contributed by atoms with E-state index in [2.05, 4.69) is 6.58 Å². The van der Waals surface area contributed by atoms with E-state index in [1.165, 1.54) is 17.9 Å². The SMILES string of the molecule is C=CCN(C(=O)c1cc([N+](=O)[O-])cc(C)c1F)C(C)C. The lowest BCUT2D eigenvalue weighted by molar-refractivity contribution is -0.385. The molecule has 0 unspecified atom stereocenters. The summed E-state index contributed by atoms with van der Waals surface area (Å²) in [5.41, 5.74) is -0.508. The van der Waals surface area contributed by atoms with E-state index in [9.17, 15) is 19.3 Å². The molecule has 1 aromatic carbocycles. The number of nitro groups is 1. The first-order valence-electron chi connectivity index (χ1n) is 6.16. The number of nitrogens with zero attached hydrogens (tertiary/aromatic N) is 2. The van der Waals surface area contributed by atoms with E-state index in [-0.39, 0.29) is 29.4 Å². The van der Waals surface area contributed by atoms with E-state index in [4.69, 9.17) is 0 Å². The quantitative estimate of drug-likeness (QED) is 0.473. The van der Waals surface area contributed by atoms with Crippen molar-refractivity contribution < 1.29 is 14.1 Å². The van der Waals surface area contributed by atoms with Crippen LogP contribution in [0.25, 0.3) is 0 Å². The summed E-state index contributed by atoms with van der Waals surface area (Å²) in [6.45, 7) is 8.75. The van der Waals surface area contributed by atoms with Gasteiger partial charge in [-0.3, -0.25) is 14.9 Å². The van der Waals surface area contributed by atoms with Gasteiger partial charge in [-0.2, -0.15) is 0 Å². The Balaban J connectivity index is 3.33. The van der Waals surface area contributed by atoms with Crippen LogP contribution in [0.5, 0.6) is 0 Å². The van der Waals surface area contributed by atoms with Crippen LogP contribution in [0.2, 0.25) is 0 Å². The summed E-state index contributed by atoms with van der Waals surface area (Å²) in [7, 11) is 0. The summed E-state index contributed by atoms with van der Waals surface area (Å²) in [5, 5.41) is 10.8. The Hall–Kier alpha value is -2.24. The zero-order valence-corrected chi connectivity index (χ0v) is 11.7. The fourth-order valence-corrected chi connectivity index (χ4v) is 1.83. The second kappa shape index (κ2) is 6.27. The van der Waals surface area contributed by atoms with Crippen molar-refractivity contribution in [3.05, 3.63) is 51.8 Å². The van der Waals surface area contributed by atoms with Crippen LogP contribution < -0.4 is 0 Å². The molecule has 0 spiro atoms. The summed E-state index contributed by atoms with van der Waals surface area (Å²) in [4.78, 5) is 23.9. The zero-order valence-electron chi connectivity index (χ0n) is 11.7. The van der Waals surface area contributed by atoms with Crippen LogP contribution in [-0.4, -0.2) is 28.3 Å². The molecule has 0 saturated carbocycles. The third-order valence-electron chi connectivity index (χ3n) is 2.89. The standard InChI is InChI=1S/C14H17FN2O3/c1-5-6-16(9(2)3)14(18)12-8-11(17(19)20)7-10(4)13(12)15/h5,7-9H,1,6H2,2-4H3. The molecule has 108 valence electrons. The first-order valence-corrected chi connectivity index (χ1v) is 6.16. The van der Waals surface area contributed by atoms with Crippen LogP contribution in [0.4, 0.5) is 10.1 Å². The Labute approximate surface area is 116 Å². The number of nitro benzene ring substituents is 1. The molecule has 0 fully saturated rings. The van der Waals surface area contributed by atoms with Crippen LogP contribution in [0.15, 0.2) is 24.8 Å². The summed E-state index contributed by atoms with van der Waals surface area (Å²) in [6, 6.07) is 1.92. The molecule has 20 heavy (non-hydrogen) atoms.